The van der Waals surface area contributed by atoms with Crippen LogP contribution in [0.25, 0.3) is 0 Å². The van der Waals surface area contributed by atoms with Crippen LogP contribution in [0.1, 0.15) is 0 Å². The minimum absolute atomic E-state index is 0.477. The number of hydrogen-bond donors (Lipinski definition) is 2. The quantitative estimate of drug-likeness (QED) is 0.765. The topological polar surface area (TPSA) is 38.0 Å². The summed E-state index contributed by atoms with van der Waals surface area (Å²) < 4.78 is 0. The normalized spacial score (nSPS) is 10.3. The van der Waals surface area contributed by atoms with Crippen molar-refractivity contribution in [3.05, 3.63) is 51.5 Å². The van der Waals surface area contributed by atoms with Crippen molar-refractivity contribution < 1.29 is 0 Å². The molecule has 0 fully saturated rings. The van der Waals surface area contributed by atoms with Gasteiger partial charge in [0, 0.05) is 5.02 Å². The molecule has 0 unspecified atom stereocenters. The van der Waals surface area contributed by atoms with Gasteiger partial charge in [-0.15, -0.1) is 0 Å². The zero-order valence-corrected chi connectivity index (χ0v) is 10.9. The van der Waals surface area contributed by atoms with Gasteiger partial charge in [-0.2, -0.15) is 0 Å². The number of rotatable bonds is 2. The molecule has 0 aliphatic carbocycles. The van der Waals surface area contributed by atoms with E-state index >= 15 is 0 Å². The molecule has 0 aliphatic heterocycles. The lowest BCUT2D eigenvalue weighted by Crippen LogP contribution is -1.97. The molecule has 0 saturated carbocycles. The van der Waals surface area contributed by atoms with Gasteiger partial charge in [0.15, 0.2) is 0 Å². The van der Waals surface area contributed by atoms with E-state index in [0.717, 1.165) is 0 Å². The third-order valence-electron chi connectivity index (χ3n) is 2.25. The molecule has 3 N–H and O–H groups in total. The van der Waals surface area contributed by atoms with Crippen LogP contribution in [-0.4, -0.2) is 0 Å². The number of halogens is 3. The van der Waals surface area contributed by atoms with Crippen molar-refractivity contribution in [3.8, 4) is 0 Å². The highest BCUT2D eigenvalue weighted by atomic mass is 35.5. The average molecular weight is 288 g/mol. The van der Waals surface area contributed by atoms with Crippen LogP contribution in [0.3, 0.4) is 0 Å². The van der Waals surface area contributed by atoms with E-state index in [-0.39, 0.29) is 0 Å². The molecule has 0 aliphatic rings. The van der Waals surface area contributed by atoms with Gasteiger partial charge in [0.25, 0.3) is 0 Å². The van der Waals surface area contributed by atoms with Crippen molar-refractivity contribution in [2.24, 2.45) is 0 Å². The highest BCUT2D eigenvalue weighted by Crippen LogP contribution is 2.33. The molecule has 88 valence electrons. The van der Waals surface area contributed by atoms with Crippen LogP contribution in [0.15, 0.2) is 36.4 Å². The van der Waals surface area contributed by atoms with Crippen LogP contribution in [0, 0.1) is 0 Å². The van der Waals surface area contributed by atoms with Gasteiger partial charge in [0.1, 0.15) is 0 Å². The van der Waals surface area contributed by atoms with Crippen LogP contribution in [-0.2, 0) is 0 Å². The molecule has 17 heavy (non-hydrogen) atoms. The number of nitrogen functional groups attached to an aromatic ring is 1. The third kappa shape index (κ3) is 2.78. The van der Waals surface area contributed by atoms with Gasteiger partial charge in [0.05, 0.1) is 27.1 Å². The number of benzene rings is 2. The van der Waals surface area contributed by atoms with E-state index in [1.165, 1.54) is 0 Å². The summed E-state index contributed by atoms with van der Waals surface area (Å²) in [6.07, 6.45) is 0. The Morgan fingerprint density at radius 2 is 1.65 bits per heavy atom. The molecule has 0 spiro atoms. The molecule has 2 aromatic carbocycles. The molecule has 0 saturated heterocycles. The van der Waals surface area contributed by atoms with Crippen LogP contribution in [0.5, 0.6) is 0 Å². The molecule has 0 heterocycles. The fraction of sp³-hybridized carbons (Fsp3) is 0. The highest BCUT2D eigenvalue weighted by Gasteiger charge is 2.06. The Morgan fingerprint density at radius 1 is 0.882 bits per heavy atom. The molecule has 0 aromatic heterocycles. The number of para-hydroxylation sites is 1. The first-order valence-electron chi connectivity index (χ1n) is 4.84. The Hall–Kier alpha value is -1.09. The summed E-state index contributed by atoms with van der Waals surface area (Å²) in [4.78, 5) is 0. The van der Waals surface area contributed by atoms with Gasteiger partial charge in [-0.05, 0) is 30.3 Å². The lowest BCUT2D eigenvalue weighted by molar-refractivity contribution is 1.54. The zero-order valence-electron chi connectivity index (χ0n) is 8.68. The number of nitrogens with one attached hydrogen (secondary N) is 1. The fourth-order valence-electron chi connectivity index (χ4n) is 1.38. The maximum Gasteiger partial charge on any atom is 0.0742 e. The second-order valence-electron chi connectivity index (χ2n) is 3.45. The standard InChI is InChI=1S/C12H9Cl3N2/c13-7-4-5-8(14)11(6-7)17-10-3-1-2-9(15)12(10)16/h1-6,17H,16H2. The van der Waals surface area contributed by atoms with Crippen molar-refractivity contribution in [1.82, 2.24) is 0 Å². The second kappa shape index (κ2) is 5.05. The summed E-state index contributed by atoms with van der Waals surface area (Å²) in [7, 11) is 0. The largest absolute Gasteiger partial charge is 0.396 e. The Kier molecular flexibility index (Phi) is 3.67. The minimum Gasteiger partial charge on any atom is -0.396 e. The van der Waals surface area contributed by atoms with Crippen molar-refractivity contribution in [1.29, 1.82) is 0 Å². The maximum absolute atomic E-state index is 6.04. The fourth-order valence-corrected chi connectivity index (χ4v) is 1.90. The summed E-state index contributed by atoms with van der Waals surface area (Å²) in [5.41, 5.74) is 7.71. The summed E-state index contributed by atoms with van der Waals surface area (Å²) in [5, 5.41) is 4.75. The van der Waals surface area contributed by atoms with Crippen LogP contribution >= 0.6 is 34.8 Å². The predicted octanol–water partition coefficient (Wildman–Crippen LogP) is 4.97. The summed E-state index contributed by atoms with van der Waals surface area (Å²) >= 11 is 17.9. The van der Waals surface area contributed by atoms with Crippen molar-refractivity contribution in [2.75, 3.05) is 11.1 Å². The smallest absolute Gasteiger partial charge is 0.0742 e. The molecular formula is C12H9Cl3N2. The lowest BCUT2D eigenvalue weighted by atomic mass is 10.2. The van der Waals surface area contributed by atoms with Crippen molar-refractivity contribution in [3.63, 3.8) is 0 Å². The van der Waals surface area contributed by atoms with Crippen LogP contribution < -0.4 is 11.1 Å². The molecule has 0 radical (unpaired) electrons. The van der Waals surface area contributed by atoms with Crippen LogP contribution in [0.2, 0.25) is 15.1 Å². The van der Waals surface area contributed by atoms with Gasteiger partial charge in [-0.3, -0.25) is 0 Å². The Balaban J connectivity index is 2.38. The van der Waals surface area contributed by atoms with Gasteiger partial charge < -0.3 is 11.1 Å². The highest BCUT2D eigenvalue weighted by molar-refractivity contribution is 6.35. The molecule has 5 heteroatoms. The number of nitrogens with two attached hydrogens (primary N) is 1. The maximum atomic E-state index is 6.04. The van der Waals surface area contributed by atoms with E-state index in [0.29, 0.717) is 32.1 Å². The van der Waals surface area contributed by atoms with E-state index in [1.807, 2.05) is 6.07 Å². The molecule has 2 aromatic rings. The molecule has 0 bridgehead atoms. The van der Waals surface area contributed by atoms with Crippen molar-refractivity contribution >= 4 is 51.9 Å². The average Bonchev–Trinajstić information content (AvgIpc) is 2.30. The molecule has 0 atom stereocenters. The van der Waals surface area contributed by atoms with E-state index in [2.05, 4.69) is 5.32 Å². The van der Waals surface area contributed by atoms with Crippen molar-refractivity contribution in [2.45, 2.75) is 0 Å². The second-order valence-corrected chi connectivity index (χ2v) is 4.70. The first kappa shape index (κ1) is 12.4. The molecule has 2 nitrogen and oxygen atoms in total. The van der Waals surface area contributed by atoms with Gasteiger partial charge in [-0.1, -0.05) is 40.9 Å². The molecular weight excluding hydrogens is 279 g/mol. The van der Waals surface area contributed by atoms with E-state index in [4.69, 9.17) is 40.5 Å². The summed E-state index contributed by atoms with van der Waals surface area (Å²) in [6.45, 7) is 0. The van der Waals surface area contributed by atoms with E-state index < -0.39 is 0 Å². The Labute approximate surface area is 114 Å². The van der Waals surface area contributed by atoms with E-state index in [1.54, 1.807) is 30.3 Å². The summed E-state index contributed by atoms with van der Waals surface area (Å²) in [6, 6.07) is 10.5. The minimum atomic E-state index is 0.477. The first-order chi connectivity index (χ1) is 8.08. The zero-order chi connectivity index (χ0) is 12.4. The Morgan fingerprint density at radius 3 is 2.41 bits per heavy atom. The SMILES string of the molecule is Nc1c(Cl)cccc1Nc1cc(Cl)ccc1Cl. The summed E-state index contributed by atoms with van der Waals surface area (Å²) in [5.74, 6) is 0. The Bertz CT molecular complexity index is 555. The monoisotopic (exact) mass is 286 g/mol. The van der Waals surface area contributed by atoms with Gasteiger partial charge in [-0.25, -0.2) is 0 Å². The number of anilines is 3. The number of hydrogen-bond acceptors (Lipinski definition) is 2. The van der Waals surface area contributed by atoms with Crippen LogP contribution in [0.4, 0.5) is 17.1 Å². The van der Waals surface area contributed by atoms with Gasteiger partial charge in [0.2, 0.25) is 0 Å². The lowest BCUT2D eigenvalue weighted by Gasteiger charge is -2.11. The van der Waals surface area contributed by atoms with E-state index in [9.17, 15) is 0 Å². The predicted molar refractivity (Wildman–Crippen MR) is 75.6 cm³/mol. The van der Waals surface area contributed by atoms with Gasteiger partial charge >= 0.3 is 0 Å². The molecule has 0 amide bonds. The first-order valence-corrected chi connectivity index (χ1v) is 5.97. The molecule has 2 rings (SSSR count). The third-order valence-corrected chi connectivity index (χ3v) is 3.14.